The molecule has 2 aromatic rings. The monoisotopic (exact) mass is 399 g/mol. The van der Waals surface area contributed by atoms with Crippen LogP contribution in [-0.4, -0.2) is 48.6 Å². The van der Waals surface area contributed by atoms with Crippen LogP contribution in [0.1, 0.15) is 16.1 Å². The van der Waals surface area contributed by atoms with Gasteiger partial charge in [-0.1, -0.05) is 23.2 Å². The number of hydrogen-bond donors (Lipinski definition) is 1. The van der Waals surface area contributed by atoms with E-state index in [0.717, 1.165) is 0 Å². The number of rotatable bonds is 5. The number of hydrogen-bond acceptors (Lipinski definition) is 9. The molecule has 0 unspecified atom stereocenters. The predicted octanol–water partition coefficient (Wildman–Crippen LogP) is 1.99. The number of methoxy groups -OCH3 is 3. The topological polar surface area (TPSA) is 113 Å². The molecule has 26 heavy (non-hydrogen) atoms. The van der Waals surface area contributed by atoms with Crippen LogP contribution < -0.4 is 24.8 Å². The summed E-state index contributed by atoms with van der Waals surface area (Å²) in [6, 6.07) is 0. The number of anilines is 2. The SMILES string of the molecule is COc1nc(CN2CC(=O)c3c(Cl)nc(N)nc32)c(Cl)c(OC)c1OC. The quantitative estimate of drug-likeness (QED) is 0.753. The molecule has 0 aromatic carbocycles. The van der Waals surface area contributed by atoms with Crippen molar-refractivity contribution >= 4 is 40.8 Å². The molecule has 0 saturated carbocycles. The minimum Gasteiger partial charge on any atom is -0.491 e. The van der Waals surface area contributed by atoms with Gasteiger partial charge >= 0.3 is 0 Å². The van der Waals surface area contributed by atoms with Crippen molar-refractivity contribution in [1.82, 2.24) is 15.0 Å². The van der Waals surface area contributed by atoms with Gasteiger partial charge in [0.25, 0.3) is 5.88 Å². The Labute approximate surface area is 159 Å². The molecule has 1 aliphatic rings. The molecule has 1 aliphatic heterocycles. The number of aromatic nitrogens is 3. The maximum absolute atomic E-state index is 12.3. The highest BCUT2D eigenvalue weighted by atomic mass is 35.5. The van der Waals surface area contributed by atoms with Crippen LogP contribution in [0.5, 0.6) is 17.4 Å². The first-order valence-corrected chi connectivity index (χ1v) is 8.12. The van der Waals surface area contributed by atoms with Gasteiger partial charge in [-0.3, -0.25) is 4.79 Å². The summed E-state index contributed by atoms with van der Waals surface area (Å²) in [5.74, 6) is 0.845. The number of Topliss-reactive ketones (excluding diaryl/α,β-unsaturated/α-hetero) is 1. The van der Waals surface area contributed by atoms with Crippen molar-refractivity contribution in [3.8, 4) is 17.4 Å². The Kier molecular flexibility index (Phi) is 4.92. The normalized spacial score (nSPS) is 13.0. The zero-order valence-electron chi connectivity index (χ0n) is 14.2. The highest BCUT2D eigenvalue weighted by Crippen LogP contribution is 2.43. The third-order valence-corrected chi connectivity index (χ3v) is 4.47. The van der Waals surface area contributed by atoms with Crippen molar-refractivity contribution in [1.29, 1.82) is 0 Å². The summed E-state index contributed by atoms with van der Waals surface area (Å²) in [6.45, 7) is 0.197. The lowest BCUT2D eigenvalue weighted by atomic mass is 10.2. The number of nitrogen functional groups attached to an aromatic ring is 1. The molecule has 11 heteroatoms. The van der Waals surface area contributed by atoms with Crippen LogP contribution in [0.25, 0.3) is 0 Å². The number of carbonyl (C=O) groups is 1. The molecule has 0 radical (unpaired) electrons. The summed E-state index contributed by atoms with van der Waals surface area (Å²) in [6.07, 6.45) is 0. The van der Waals surface area contributed by atoms with Gasteiger partial charge < -0.3 is 24.8 Å². The van der Waals surface area contributed by atoms with E-state index in [1.165, 1.54) is 21.3 Å². The van der Waals surface area contributed by atoms with E-state index in [0.29, 0.717) is 11.5 Å². The van der Waals surface area contributed by atoms with Gasteiger partial charge in [0.1, 0.15) is 16.0 Å². The molecular weight excluding hydrogens is 385 g/mol. The number of pyridine rings is 1. The third-order valence-electron chi connectivity index (χ3n) is 3.81. The lowest BCUT2D eigenvalue weighted by Crippen LogP contribution is -2.24. The standard InChI is InChI=1S/C15H15Cl2N5O4/c1-24-10-9(16)6(19-14(26-3)11(10)25-2)4-22-5-7(23)8-12(17)20-15(18)21-13(8)22/h4-5H2,1-3H3,(H2,18,20,21). The van der Waals surface area contributed by atoms with Gasteiger partial charge in [0.2, 0.25) is 11.7 Å². The maximum Gasteiger partial charge on any atom is 0.261 e. The van der Waals surface area contributed by atoms with Crippen molar-refractivity contribution in [3.63, 3.8) is 0 Å². The first-order chi connectivity index (χ1) is 12.4. The number of nitrogens with two attached hydrogens (primary N) is 1. The van der Waals surface area contributed by atoms with Gasteiger partial charge in [-0.15, -0.1) is 0 Å². The van der Waals surface area contributed by atoms with Crippen LogP contribution >= 0.6 is 23.2 Å². The number of carbonyl (C=O) groups excluding carboxylic acids is 1. The van der Waals surface area contributed by atoms with Crippen LogP contribution in [0, 0.1) is 0 Å². The van der Waals surface area contributed by atoms with Gasteiger partial charge in [-0.2, -0.15) is 4.98 Å². The van der Waals surface area contributed by atoms with E-state index in [9.17, 15) is 4.79 Å². The van der Waals surface area contributed by atoms with E-state index in [1.807, 2.05) is 0 Å². The summed E-state index contributed by atoms with van der Waals surface area (Å²) >= 11 is 12.4. The van der Waals surface area contributed by atoms with Crippen LogP contribution in [0.2, 0.25) is 10.2 Å². The third kappa shape index (κ3) is 2.93. The Hall–Kier alpha value is -2.52. The smallest absolute Gasteiger partial charge is 0.261 e. The lowest BCUT2D eigenvalue weighted by molar-refractivity contribution is 0.101. The fraction of sp³-hybridized carbons (Fsp3) is 0.333. The molecule has 2 aromatic heterocycles. The van der Waals surface area contributed by atoms with E-state index >= 15 is 0 Å². The molecule has 0 saturated heterocycles. The van der Waals surface area contributed by atoms with Crippen LogP contribution in [0.3, 0.4) is 0 Å². The molecule has 3 heterocycles. The summed E-state index contributed by atoms with van der Waals surface area (Å²) in [7, 11) is 4.36. The Morgan fingerprint density at radius 2 is 1.77 bits per heavy atom. The largest absolute Gasteiger partial charge is 0.491 e. The van der Waals surface area contributed by atoms with Gasteiger partial charge in [0, 0.05) is 0 Å². The van der Waals surface area contributed by atoms with E-state index < -0.39 is 0 Å². The van der Waals surface area contributed by atoms with Gasteiger partial charge in [-0.25, -0.2) is 9.97 Å². The minimum absolute atomic E-state index is 0.0175. The molecule has 0 fully saturated rings. The molecular formula is C15H15Cl2N5O4. The Morgan fingerprint density at radius 1 is 1.08 bits per heavy atom. The Bertz CT molecular complexity index is 893. The van der Waals surface area contributed by atoms with Gasteiger partial charge in [0.15, 0.2) is 11.5 Å². The zero-order valence-corrected chi connectivity index (χ0v) is 15.7. The fourth-order valence-electron chi connectivity index (χ4n) is 2.70. The predicted molar refractivity (Wildman–Crippen MR) is 95.7 cm³/mol. The average Bonchev–Trinajstić information content (AvgIpc) is 2.91. The van der Waals surface area contributed by atoms with Crippen molar-refractivity contribution in [2.45, 2.75) is 6.54 Å². The highest BCUT2D eigenvalue weighted by molar-refractivity contribution is 6.34. The maximum atomic E-state index is 12.3. The van der Waals surface area contributed by atoms with Crippen LogP contribution in [0.4, 0.5) is 11.8 Å². The second-order valence-electron chi connectivity index (χ2n) is 5.30. The fourth-order valence-corrected chi connectivity index (χ4v) is 3.24. The first-order valence-electron chi connectivity index (χ1n) is 7.36. The van der Waals surface area contributed by atoms with E-state index in [1.54, 1.807) is 4.90 Å². The molecule has 9 nitrogen and oxygen atoms in total. The van der Waals surface area contributed by atoms with Crippen molar-refractivity contribution < 1.29 is 19.0 Å². The van der Waals surface area contributed by atoms with Crippen LogP contribution in [0.15, 0.2) is 0 Å². The second kappa shape index (κ2) is 7.00. The molecule has 138 valence electrons. The molecule has 0 amide bonds. The lowest BCUT2D eigenvalue weighted by Gasteiger charge is -2.20. The molecule has 3 rings (SSSR count). The number of nitrogens with zero attached hydrogens (tertiary/aromatic N) is 4. The molecule has 0 spiro atoms. The molecule has 0 aliphatic carbocycles. The summed E-state index contributed by atoms with van der Waals surface area (Å²) in [5, 5.41) is 0.253. The van der Waals surface area contributed by atoms with E-state index in [-0.39, 0.29) is 57.9 Å². The van der Waals surface area contributed by atoms with Gasteiger partial charge in [0.05, 0.1) is 45.7 Å². The number of ether oxygens (including phenoxy) is 3. The van der Waals surface area contributed by atoms with Crippen molar-refractivity contribution in [3.05, 3.63) is 21.4 Å². The molecule has 0 atom stereocenters. The molecule has 2 N–H and O–H groups in total. The number of fused-ring (bicyclic) bond motifs is 1. The average molecular weight is 400 g/mol. The summed E-state index contributed by atoms with van der Waals surface area (Å²) in [5.41, 5.74) is 6.29. The number of halogens is 2. The summed E-state index contributed by atoms with van der Waals surface area (Å²) < 4.78 is 15.8. The van der Waals surface area contributed by atoms with E-state index in [2.05, 4.69) is 15.0 Å². The Balaban J connectivity index is 2.05. The van der Waals surface area contributed by atoms with Gasteiger partial charge in [-0.05, 0) is 0 Å². The first kappa shape index (κ1) is 18.3. The Morgan fingerprint density at radius 3 is 2.38 bits per heavy atom. The minimum atomic E-state index is -0.214. The number of ketones is 1. The van der Waals surface area contributed by atoms with Crippen LogP contribution in [-0.2, 0) is 6.54 Å². The highest BCUT2D eigenvalue weighted by Gasteiger charge is 2.33. The summed E-state index contributed by atoms with van der Waals surface area (Å²) in [4.78, 5) is 26.2. The van der Waals surface area contributed by atoms with E-state index in [4.69, 9.17) is 43.1 Å². The molecule has 0 bridgehead atoms. The van der Waals surface area contributed by atoms with Crippen molar-refractivity contribution in [2.75, 3.05) is 38.5 Å². The second-order valence-corrected chi connectivity index (χ2v) is 6.03. The van der Waals surface area contributed by atoms with Crippen molar-refractivity contribution in [2.24, 2.45) is 0 Å². The zero-order chi connectivity index (χ0) is 19.0.